The minimum atomic E-state index is -3.73. The van der Waals surface area contributed by atoms with Crippen molar-refractivity contribution in [3.05, 3.63) is 41.9 Å². The lowest BCUT2D eigenvalue weighted by molar-refractivity contribution is 0.396. The number of nitrogens with zero attached hydrogens (tertiary/aromatic N) is 1. The summed E-state index contributed by atoms with van der Waals surface area (Å²) in [5.74, 6) is 0.575. The van der Waals surface area contributed by atoms with Gasteiger partial charge in [-0.1, -0.05) is 13.8 Å². The highest BCUT2D eigenvalue weighted by Gasteiger charge is 2.19. The van der Waals surface area contributed by atoms with Gasteiger partial charge in [-0.3, -0.25) is 9.71 Å². The summed E-state index contributed by atoms with van der Waals surface area (Å²) in [6.07, 6.45) is 3.11. The Labute approximate surface area is 124 Å². The topological polar surface area (TPSA) is 84.2 Å². The van der Waals surface area contributed by atoms with Gasteiger partial charge in [0.1, 0.15) is 5.76 Å². The van der Waals surface area contributed by atoms with Crippen LogP contribution in [0, 0.1) is 6.92 Å². The predicted octanol–water partition coefficient (Wildman–Crippen LogP) is 2.28. The van der Waals surface area contributed by atoms with Gasteiger partial charge in [0, 0.05) is 12.2 Å². The van der Waals surface area contributed by atoms with E-state index in [0.29, 0.717) is 24.0 Å². The van der Waals surface area contributed by atoms with Crippen molar-refractivity contribution in [2.75, 3.05) is 4.72 Å². The molecule has 0 radical (unpaired) electrons. The summed E-state index contributed by atoms with van der Waals surface area (Å²) in [6.45, 7) is 6.34. The molecule has 0 saturated heterocycles. The second-order valence-electron chi connectivity index (χ2n) is 5.11. The number of aromatic nitrogens is 1. The molecule has 7 heteroatoms. The first kappa shape index (κ1) is 15.5. The number of nitrogens with one attached hydrogen (secondary N) is 2. The molecule has 0 atom stereocenters. The Balaban J connectivity index is 2.12. The first-order chi connectivity index (χ1) is 9.87. The van der Waals surface area contributed by atoms with Gasteiger partial charge in [-0.15, -0.1) is 0 Å². The Morgan fingerprint density at radius 3 is 2.71 bits per heavy atom. The molecule has 0 aliphatic heterocycles. The maximum Gasteiger partial charge on any atom is 0.295 e. The molecule has 0 spiro atoms. The van der Waals surface area contributed by atoms with Gasteiger partial charge in [0.2, 0.25) is 5.09 Å². The van der Waals surface area contributed by atoms with Gasteiger partial charge in [-0.25, -0.2) is 0 Å². The number of hydrogen-bond acceptors (Lipinski definition) is 5. The average Bonchev–Trinajstić information content (AvgIpc) is 2.85. The summed E-state index contributed by atoms with van der Waals surface area (Å²) < 4.78 is 32.2. The van der Waals surface area contributed by atoms with Crippen molar-refractivity contribution >= 4 is 15.7 Å². The Bertz CT molecular complexity index is 708. The van der Waals surface area contributed by atoms with Crippen molar-refractivity contribution < 1.29 is 12.8 Å². The molecule has 0 saturated carbocycles. The largest absolute Gasteiger partial charge is 0.446 e. The van der Waals surface area contributed by atoms with Crippen LogP contribution >= 0.6 is 0 Å². The van der Waals surface area contributed by atoms with Gasteiger partial charge in [0.15, 0.2) is 0 Å². The number of aryl methyl sites for hydroxylation is 1. The van der Waals surface area contributed by atoms with Gasteiger partial charge in [-0.05, 0) is 30.7 Å². The van der Waals surface area contributed by atoms with Crippen LogP contribution in [0.15, 0.2) is 40.1 Å². The third-order valence-corrected chi connectivity index (χ3v) is 3.97. The van der Waals surface area contributed by atoms with Crippen LogP contribution in [0.1, 0.15) is 25.2 Å². The average molecular weight is 309 g/mol. The molecule has 2 heterocycles. The lowest BCUT2D eigenvalue weighted by Gasteiger charge is -2.07. The van der Waals surface area contributed by atoms with E-state index in [2.05, 4.69) is 15.0 Å². The molecule has 0 bridgehead atoms. The number of anilines is 1. The summed E-state index contributed by atoms with van der Waals surface area (Å²) in [7, 11) is -3.73. The zero-order valence-corrected chi connectivity index (χ0v) is 13.1. The fraction of sp³-hybridized carbons (Fsp3) is 0.357. The highest BCUT2D eigenvalue weighted by Crippen LogP contribution is 2.18. The Morgan fingerprint density at radius 2 is 2.05 bits per heavy atom. The van der Waals surface area contributed by atoms with E-state index in [4.69, 9.17) is 4.42 Å². The molecular weight excluding hydrogens is 290 g/mol. The Morgan fingerprint density at radius 1 is 1.29 bits per heavy atom. The molecule has 2 aromatic heterocycles. The first-order valence-corrected chi connectivity index (χ1v) is 8.12. The second-order valence-corrected chi connectivity index (χ2v) is 6.73. The van der Waals surface area contributed by atoms with Gasteiger partial charge >= 0.3 is 0 Å². The van der Waals surface area contributed by atoms with Crippen LogP contribution in [0.5, 0.6) is 0 Å². The van der Waals surface area contributed by atoms with Crippen molar-refractivity contribution in [2.45, 2.75) is 38.5 Å². The molecule has 0 unspecified atom stereocenters. The van der Waals surface area contributed by atoms with E-state index in [1.165, 1.54) is 12.3 Å². The zero-order valence-electron chi connectivity index (χ0n) is 12.3. The van der Waals surface area contributed by atoms with Crippen molar-refractivity contribution in [3.63, 3.8) is 0 Å². The Kier molecular flexibility index (Phi) is 4.64. The summed E-state index contributed by atoms with van der Waals surface area (Å²) in [4.78, 5) is 3.95. The molecule has 0 aromatic carbocycles. The second kappa shape index (κ2) is 6.28. The standard InChI is InChI=1S/C14H19N3O3S/c1-10(2)16-9-13-4-5-14(20-13)21(18,19)17-12-6-11(3)7-15-8-12/h4-8,10,16-17H,9H2,1-3H3. The molecule has 2 N–H and O–H groups in total. The van der Waals surface area contributed by atoms with Crippen molar-refractivity contribution in [1.29, 1.82) is 0 Å². The fourth-order valence-electron chi connectivity index (χ4n) is 1.72. The van der Waals surface area contributed by atoms with E-state index < -0.39 is 10.0 Å². The highest BCUT2D eigenvalue weighted by molar-refractivity contribution is 7.92. The van der Waals surface area contributed by atoms with Crippen LogP contribution in [-0.2, 0) is 16.6 Å². The molecule has 2 rings (SSSR count). The monoisotopic (exact) mass is 309 g/mol. The number of pyridine rings is 1. The normalized spacial score (nSPS) is 11.8. The molecule has 2 aromatic rings. The lowest BCUT2D eigenvalue weighted by Crippen LogP contribution is -2.21. The van der Waals surface area contributed by atoms with Crippen molar-refractivity contribution in [3.8, 4) is 0 Å². The van der Waals surface area contributed by atoms with Crippen LogP contribution in [0.25, 0.3) is 0 Å². The Hall–Kier alpha value is -1.86. The maximum atomic E-state index is 12.2. The summed E-state index contributed by atoms with van der Waals surface area (Å²) in [5, 5.41) is 3.06. The van der Waals surface area contributed by atoms with E-state index in [9.17, 15) is 8.42 Å². The van der Waals surface area contributed by atoms with Crippen LogP contribution in [0.2, 0.25) is 0 Å². The third kappa shape index (κ3) is 4.30. The van der Waals surface area contributed by atoms with Gasteiger partial charge in [-0.2, -0.15) is 8.42 Å². The predicted molar refractivity (Wildman–Crippen MR) is 80.5 cm³/mol. The molecule has 0 amide bonds. The minimum absolute atomic E-state index is 0.107. The summed E-state index contributed by atoms with van der Waals surface area (Å²) in [6, 6.07) is 5.10. The van der Waals surface area contributed by atoms with Crippen LogP contribution < -0.4 is 10.0 Å². The zero-order chi connectivity index (χ0) is 15.5. The van der Waals surface area contributed by atoms with Gasteiger partial charge in [0.25, 0.3) is 10.0 Å². The number of sulfonamides is 1. The number of furan rings is 1. The third-order valence-electron chi connectivity index (χ3n) is 2.71. The van der Waals surface area contributed by atoms with E-state index in [-0.39, 0.29) is 5.09 Å². The van der Waals surface area contributed by atoms with Crippen molar-refractivity contribution in [1.82, 2.24) is 10.3 Å². The van der Waals surface area contributed by atoms with E-state index in [0.717, 1.165) is 5.56 Å². The van der Waals surface area contributed by atoms with Crippen molar-refractivity contribution in [2.24, 2.45) is 0 Å². The fourth-order valence-corrected chi connectivity index (χ4v) is 2.71. The lowest BCUT2D eigenvalue weighted by atomic mass is 10.3. The number of hydrogen-bond donors (Lipinski definition) is 2. The van der Waals surface area contributed by atoms with Crippen LogP contribution in [0.4, 0.5) is 5.69 Å². The van der Waals surface area contributed by atoms with Crippen LogP contribution in [0.3, 0.4) is 0 Å². The van der Waals surface area contributed by atoms with E-state index >= 15 is 0 Å². The molecule has 0 aliphatic carbocycles. The molecular formula is C14H19N3O3S. The summed E-state index contributed by atoms with van der Waals surface area (Å²) >= 11 is 0. The smallest absolute Gasteiger partial charge is 0.295 e. The van der Waals surface area contributed by atoms with E-state index in [1.807, 2.05) is 20.8 Å². The molecule has 21 heavy (non-hydrogen) atoms. The minimum Gasteiger partial charge on any atom is -0.446 e. The van der Waals surface area contributed by atoms with Gasteiger partial charge < -0.3 is 9.73 Å². The maximum absolute atomic E-state index is 12.2. The van der Waals surface area contributed by atoms with E-state index in [1.54, 1.807) is 18.3 Å². The quantitative estimate of drug-likeness (QED) is 0.855. The molecule has 6 nitrogen and oxygen atoms in total. The van der Waals surface area contributed by atoms with Gasteiger partial charge in [0.05, 0.1) is 18.4 Å². The molecule has 0 aliphatic rings. The SMILES string of the molecule is Cc1cncc(NS(=O)(=O)c2ccc(CNC(C)C)o2)c1. The number of rotatable bonds is 6. The first-order valence-electron chi connectivity index (χ1n) is 6.63. The molecule has 114 valence electrons. The van der Waals surface area contributed by atoms with Crippen LogP contribution in [-0.4, -0.2) is 19.4 Å². The summed E-state index contributed by atoms with van der Waals surface area (Å²) in [5.41, 5.74) is 1.28. The molecule has 0 fully saturated rings. The highest BCUT2D eigenvalue weighted by atomic mass is 32.2.